The Hall–Kier alpha value is -3.89. The second-order valence-corrected chi connectivity index (χ2v) is 9.36. The zero-order valence-electron chi connectivity index (χ0n) is 20.0. The van der Waals surface area contributed by atoms with E-state index in [2.05, 4.69) is 20.3 Å². The number of carboxylic acids is 1. The molecule has 35 heavy (non-hydrogen) atoms. The zero-order chi connectivity index (χ0) is 24.4. The van der Waals surface area contributed by atoms with Gasteiger partial charge in [-0.1, -0.05) is 0 Å². The van der Waals surface area contributed by atoms with Crippen molar-refractivity contribution >= 4 is 45.6 Å². The first-order chi connectivity index (χ1) is 16.9. The van der Waals surface area contributed by atoms with Crippen molar-refractivity contribution in [1.29, 1.82) is 0 Å². The number of rotatable bonds is 8. The minimum absolute atomic E-state index is 0.0764. The monoisotopic (exact) mass is 476 g/mol. The van der Waals surface area contributed by atoms with Gasteiger partial charge < -0.3 is 24.5 Å². The minimum atomic E-state index is -1.04. The van der Waals surface area contributed by atoms with Gasteiger partial charge >= 0.3 is 5.97 Å². The molecule has 2 aliphatic carbocycles. The number of amides is 1. The van der Waals surface area contributed by atoms with E-state index in [4.69, 9.17) is 4.98 Å². The Morgan fingerprint density at radius 1 is 1.11 bits per heavy atom. The maximum absolute atomic E-state index is 13.7. The second-order valence-electron chi connectivity index (χ2n) is 9.36. The molecule has 2 N–H and O–H groups in total. The van der Waals surface area contributed by atoms with Crippen molar-refractivity contribution in [3.63, 3.8) is 0 Å². The number of nitrogens with zero attached hydrogens (tertiary/aromatic N) is 7. The number of imidazole rings is 1. The first-order valence-corrected chi connectivity index (χ1v) is 12.2. The van der Waals surface area contributed by atoms with Gasteiger partial charge in [-0.2, -0.15) is 5.10 Å². The Morgan fingerprint density at radius 2 is 1.83 bits per heavy atom. The number of fused-ring (bicyclic) bond motifs is 3. The summed E-state index contributed by atoms with van der Waals surface area (Å²) in [6, 6.07) is 4.16. The lowest BCUT2D eigenvalue weighted by molar-refractivity contribution is 0.0681. The van der Waals surface area contributed by atoms with E-state index >= 15 is 0 Å². The van der Waals surface area contributed by atoms with E-state index < -0.39 is 5.97 Å². The normalized spacial score (nSPS) is 15.7. The first kappa shape index (κ1) is 21.6. The van der Waals surface area contributed by atoms with Gasteiger partial charge in [0.15, 0.2) is 11.6 Å². The van der Waals surface area contributed by atoms with Crippen molar-refractivity contribution in [3.8, 4) is 0 Å². The Kier molecular flexibility index (Phi) is 4.83. The third-order valence-electron chi connectivity index (χ3n) is 6.90. The number of hydrogen-bond donors (Lipinski definition) is 2. The van der Waals surface area contributed by atoms with Crippen LogP contribution in [0.4, 0.5) is 11.6 Å². The molecule has 0 aliphatic heterocycles. The Morgan fingerprint density at radius 3 is 2.40 bits per heavy atom. The zero-order valence-corrected chi connectivity index (χ0v) is 20.0. The minimum Gasteiger partial charge on any atom is -0.477 e. The fraction of sp³-hybridized carbons (Fsp3) is 0.458. The van der Waals surface area contributed by atoms with Crippen LogP contribution in [-0.2, 0) is 20.1 Å². The molecule has 4 heterocycles. The summed E-state index contributed by atoms with van der Waals surface area (Å²) in [4.78, 5) is 36.8. The molecule has 182 valence electrons. The van der Waals surface area contributed by atoms with E-state index in [0.717, 1.165) is 36.6 Å². The van der Waals surface area contributed by atoms with Gasteiger partial charge in [0.1, 0.15) is 22.6 Å². The SMILES string of the molecule is CCn1nc(Nc2nc3c(cc(C(=O)N(C4CC4)C4CC4)n3CC)c3c2ncn3C)cc1C(=O)O. The molecule has 6 rings (SSSR count). The largest absolute Gasteiger partial charge is 0.477 e. The number of carbonyl (C=O) groups excluding carboxylic acids is 1. The predicted octanol–water partition coefficient (Wildman–Crippen LogP) is 3.37. The van der Waals surface area contributed by atoms with Gasteiger partial charge in [-0.05, 0) is 45.6 Å². The molecule has 0 radical (unpaired) electrons. The number of aryl methyl sites for hydroxylation is 3. The van der Waals surface area contributed by atoms with Crippen LogP contribution in [0.3, 0.4) is 0 Å². The third kappa shape index (κ3) is 3.44. The first-order valence-electron chi connectivity index (χ1n) is 12.2. The van der Waals surface area contributed by atoms with Crippen LogP contribution in [0.25, 0.3) is 22.1 Å². The van der Waals surface area contributed by atoms with E-state index in [1.54, 1.807) is 6.33 Å². The van der Waals surface area contributed by atoms with E-state index in [9.17, 15) is 14.7 Å². The maximum Gasteiger partial charge on any atom is 0.354 e. The molecular weight excluding hydrogens is 448 g/mol. The van der Waals surface area contributed by atoms with Crippen LogP contribution >= 0.6 is 0 Å². The van der Waals surface area contributed by atoms with Gasteiger partial charge in [0.25, 0.3) is 5.91 Å². The Balaban J connectivity index is 1.49. The van der Waals surface area contributed by atoms with Gasteiger partial charge in [-0.15, -0.1) is 0 Å². The van der Waals surface area contributed by atoms with Crippen LogP contribution in [0.1, 0.15) is 60.5 Å². The molecule has 1 amide bonds. The summed E-state index contributed by atoms with van der Waals surface area (Å²) in [6.45, 7) is 4.87. The van der Waals surface area contributed by atoms with E-state index in [1.165, 1.54) is 10.7 Å². The highest BCUT2D eigenvalue weighted by atomic mass is 16.4. The highest BCUT2D eigenvalue weighted by Crippen LogP contribution is 2.39. The topological polar surface area (TPSA) is 123 Å². The number of pyridine rings is 1. The molecule has 2 fully saturated rings. The van der Waals surface area contributed by atoms with Crippen LogP contribution in [0.2, 0.25) is 0 Å². The molecule has 11 nitrogen and oxygen atoms in total. The molecule has 0 saturated heterocycles. The molecule has 0 spiro atoms. The molecule has 2 aliphatic rings. The summed E-state index contributed by atoms with van der Waals surface area (Å²) >= 11 is 0. The van der Waals surface area contributed by atoms with Crippen molar-refractivity contribution in [1.82, 2.24) is 33.8 Å². The second kappa shape index (κ2) is 7.82. The van der Waals surface area contributed by atoms with Crippen LogP contribution in [0.5, 0.6) is 0 Å². The number of anilines is 2. The molecule has 0 unspecified atom stereocenters. The van der Waals surface area contributed by atoms with Crippen molar-refractivity contribution in [2.24, 2.45) is 7.05 Å². The number of hydrogen-bond acceptors (Lipinski definition) is 6. The summed E-state index contributed by atoms with van der Waals surface area (Å²) in [6.07, 6.45) is 6.03. The van der Waals surface area contributed by atoms with Gasteiger partial charge in [-0.25, -0.2) is 14.8 Å². The van der Waals surface area contributed by atoms with Crippen LogP contribution in [0, 0.1) is 0 Å². The summed E-state index contributed by atoms with van der Waals surface area (Å²) in [5.41, 5.74) is 2.93. The van der Waals surface area contributed by atoms with Crippen molar-refractivity contribution in [2.45, 2.75) is 64.7 Å². The summed E-state index contributed by atoms with van der Waals surface area (Å²) in [7, 11) is 1.92. The number of carboxylic acid groups (broad SMARTS) is 1. The van der Waals surface area contributed by atoms with Gasteiger partial charge in [0.2, 0.25) is 0 Å². The summed E-state index contributed by atoms with van der Waals surface area (Å²) in [5, 5.41) is 17.9. The van der Waals surface area contributed by atoms with Gasteiger partial charge in [0.05, 0.1) is 11.8 Å². The van der Waals surface area contributed by atoms with Gasteiger partial charge in [-0.3, -0.25) is 9.48 Å². The van der Waals surface area contributed by atoms with E-state index in [-0.39, 0.29) is 11.6 Å². The van der Waals surface area contributed by atoms with E-state index in [0.29, 0.717) is 53.7 Å². The summed E-state index contributed by atoms with van der Waals surface area (Å²) < 4.78 is 5.32. The lowest BCUT2D eigenvalue weighted by Gasteiger charge is -2.22. The molecular formula is C24H28N8O3. The quantitative estimate of drug-likeness (QED) is 0.400. The number of nitrogens with one attached hydrogen (secondary N) is 1. The Bertz CT molecular complexity index is 1480. The molecule has 0 aromatic carbocycles. The standard InChI is InChI=1S/C24H28N8O3/c1-4-30-16(23(33)32(13-6-7-13)14-8-9-14)10-15-20-19(25-12-29(20)3)21(27-22(15)30)26-18-11-17(24(34)35)31(5-2)28-18/h10-14H,4-9H2,1-3H3,(H,34,35)(H,26,27,28). The third-order valence-corrected chi connectivity index (χ3v) is 6.90. The molecule has 4 aromatic rings. The van der Waals surface area contributed by atoms with Gasteiger partial charge in [0, 0.05) is 43.7 Å². The molecule has 4 aromatic heterocycles. The van der Waals surface area contributed by atoms with Crippen LogP contribution < -0.4 is 5.32 Å². The maximum atomic E-state index is 13.7. The molecule has 11 heteroatoms. The molecule has 2 saturated carbocycles. The average Bonchev–Trinajstić information content (AvgIpc) is 3.74. The van der Waals surface area contributed by atoms with Crippen LogP contribution in [-0.4, -0.2) is 62.8 Å². The number of carbonyl (C=O) groups is 2. The number of aromatic nitrogens is 6. The lowest BCUT2D eigenvalue weighted by Crippen LogP contribution is -2.36. The fourth-order valence-electron chi connectivity index (χ4n) is 4.98. The van der Waals surface area contributed by atoms with E-state index in [1.807, 2.05) is 36.1 Å². The molecule has 0 bridgehead atoms. The number of aromatic carboxylic acids is 1. The van der Waals surface area contributed by atoms with Crippen LogP contribution in [0.15, 0.2) is 18.5 Å². The van der Waals surface area contributed by atoms with Crippen molar-refractivity contribution < 1.29 is 14.7 Å². The van der Waals surface area contributed by atoms with Crippen molar-refractivity contribution in [2.75, 3.05) is 5.32 Å². The highest BCUT2D eigenvalue weighted by Gasteiger charge is 2.43. The smallest absolute Gasteiger partial charge is 0.354 e. The fourth-order valence-corrected chi connectivity index (χ4v) is 4.98. The predicted molar refractivity (Wildman–Crippen MR) is 130 cm³/mol. The highest BCUT2D eigenvalue weighted by molar-refractivity contribution is 6.10. The summed E-state index contributed by atoms with van der Waals surface area (Å²) in [5.74, 6) is -0.119. The Labute approximate surface area is 201 Å². The lowest BCUT2D eigenvalue weighted by atomic mass is 10.2. The van der Waals surface area contributed by atoms with Crippen molar-refractivity contribution in [3.05, 3.63) is 29.8 Å². The molecule has 0 atom stereocenters. The average molecular weight is 477 g/mol.